The van der Waals surface area contributed by atoms with Gasteiger partial charge in [0, 0.05) is 19.3 Å². The number of carbonyl (C=O) groups excluding carboxylic acids is 1. The standard InChI is InChI=1S/C22H36O6S/c1-5-6-14-22(2,3)15-13-17(23)21-18(24)16-29(26,27)19(21)11-9-7-8-10-12-20(25)28-4/h13,18-19,21,23-24H,5-6,8,10-12,14-16H2,1-4H3/b17-13+/t18-,19-,21-/m0/s1. The smallest absolute Gasteiger partial charge is 0.305 e. The van der Waals surface area contributed by atoms with Crippen molar-refractivity contribution >= 4 is 15.8 Å². The number of methoxy groups -OCH3 is 1. The van der Waals surface area contributed by atoms with Crippen molar-refractivity contribution in [3.8, 4) is 11.8 Å². The van der Waals surface area contributed by atoms with E-state index in [0.717, 1.165) is 19.3 Å². The molecule has 0 radical (unpaired) electrons. The van der Waals surface area contributed by atoms with Crippen LogP contribution in [0.3, 0.4) is 0 Å². The van der Waals surface area contributed by atoms with E-state index >= 15 is 0 Å². The molecule has 0 unspecified atom stereocenters. The van der Waals surface area contributed by atoms with Gasteiger partial charge < -0.3 is 14.9 Å². The first kappa shape index (κ1) is 25.5. The highest BCUT2D eigenvalue weighted by Gasteiger charge is 2.48. The molecule has 1 aliphatic rings. The summed E-state index contributed by atoms with van der Waals surface area (Å²) in [6, 6.07) is 0. The van der Waals surface area contributed by atoms with Gasteiger partial charge in [0.15, 0.2) is 9.84 Å². The van der Waals surface area contributed by atoms with Crippen LogP contribution in [0.4, 0.5) is 0 Å². The van der Waals surface area contributed by atoms with Crippen molar-refractivity contribution in [1.82, 2.24) is 0 Å². The monoisotopic (exact) mass is 428 g/mol. The lowest BCUT2D eigenvalue weighted by Gasteiger charge is -2.24. The molecule has 1 fully saturated rings. The number of carbonyl (C=O) groups is 1. The van der Waals surface area contributed by atoms with Crippen LogP contribution in [0.5, 0.6) is 0 Å². The second kappa shape index (κ2) is 11.6. The van der Waals surface area contributed by atoms with Gasteiger partial charge in [0.25, 0.3) is 0 Å². The molecule has 2 N–H and O–H groups in total. The molecule has 0 aromatic rings. The Labute approximate surface area is 175 Å². The summed E-state index contributed by atoms with van der Waals surface area (Å²) in [6.45, 7) is 6.36. The van der Waals surface area contributed by atoms with E-state index in [0.29, 0.717) is 19.3 Å². The summed E-state index contributed by atoms with van der Waals surface area (Å²) in [5, 5.41) is 19.9. The van der Waals surface area contributed by atoms with Crippen LogP contribution >= 0.6 is 0 Å². The van der Waals surface area contributed by atoms with E-state index in [1.165, 1.54) is 7.11 Å². The molecule has 1 rings (SSSR count). The van der Waals surface area contributed by atoms with E-state index in [-0.39, 0.29) is 35.7 Å². The van der Waals surface area contributed by atoms with Gasteiger partial charge in [-0.25, -0.2) is 8.42 Å². The maximum atomic E-state index is 12.5. The van der Waals surface area contributed by atoms with E-state index < -0.39 is 27.1 Å². The van der Waals surface area contributed by atoms with Gasteiger partial charge in [-0.1, -0.05) is 33.6 Å². The molecule has 29 heavy (non-hydrogen) atoms. The summed E-state index contributed by atoms with van der Waals surface area (Å²) in [7, 11) is -2.21. The highest BCUT2D eigenvalue weighted by molar-refractivity contribution is 7.92. The Hall–Kier alpha value is -1.52. The van der Waals surface area contributed by atoms with E-state index in [2.05, 4.69) is 37.3 Å². The summed E-state index contributed by atoms with van der Waals surface area (Å²) in [5.41, 5.74) is 0.00135. The molecular formula is C22H36O6S. The number of sulfone groups is 1. The fourth-order valence-electron chi connectivity index (χ4n) is 3.54. The maximum absolute atomic E-state index is 12.5. The Morgan fingerprint density at radius 2 is 1.97 bits per heavy atom. The highest BCUT2D eigenvalue weighted by Crippen LogP contribution is 2.36. The third kappa shape index (κ3) is 8.39. The van der Waals surface area contributed by atoms with Crippen LogP contribution in [-0.2, 0) is 19.4 Å². The number of ether oxygens (including phenoxy) is 1. The van der Waals surface area contributed by atoms with Crippen LogP contribution in [0, 0.1) is 23.2 Å². The van der Waals surface area contributed by atoms with Gasteiger partial charge in [0.2, 0.25) is 0 Å². The summed E-state index contributed by atoms with van der Waals surface area (Å²) in [4.78, 5) is 11.1. The molecule has 0 aromatic heterocycles. The molecule has 0 amide bonds. The summed E-state index contributed by atoms with van der Waals surface area (Å²) >= 11 is 0. The fraction of sp³-hybridized carbons (Fsp3) is 0.773. The van der Waals surface area contributed by atoms with Crippen molar-refractivity contribution in [1.29, 1.82) is 0 Å². The van der Waals surface area contributed by atoms with Crippen LogP contribution in [0.1, 0.15) is 72.1 Å². The van der Waals surface area contributed by atoms with Gasteiger partial charge in [0.1, 0.15) is 0 Å². The van der Waals surface area contributed by atoms with Crippen molar-refractivity contribution < 1.29 is 28.2 Å². The molecule has 1 heterocycles. The van der Waals surface area contributed by atoms with Crippen molar-refractivity contribution in [2.75, 3.05) is 12.9 Å². The molecule has 0 spiro atoms. The SMILES string of the molecule is CCCCC(C)(C)C/C=C(/O)[C@H]1[C@@H](O)CS(=O)(=O)[C@H]1CC#CCCCC(=O)OC. The van der Waals surface area contributed by atoms with Crippen LogP contribution in [0.25, 0.3) is 0 Å². The van der Waals surface area contributed by atoms with Crippen molar-refractivity contribution in [2.45, 2.75) is 83.5 Å². The van der Waals surface area contributed by atoms with E-state index in [1.807, 2.05) is 0 Å². The Morgan fingerprint density at radius 1 is 1.28 bits per heavy atom. The normalized spacial score (nSPS) is 24.0. The molecule has 0 aliphatic carbocycles. The molecule has 0 saturated carbocycles. The number of esters is 1. The number of hydrogen-bond donors (Lipinski definition) is 2. The van der Waals surface area contributed by atoms with E-state index in [9.17, 15) is 23.4 Å². The van der Waals surface area contributed by atoms with Crippen LogP contribution < -0.4 is 0 Å². The van der Waals surface area contributed by atoms with Gasteiger partial charge >= 0.3 is 5.97 Å². The molecule has 3 atom stereocenters. The van der Waals surface area contributed by atoms with E-state index in [1.54, 1.807) is 6.08 Å². The number of unbranched alkanes of at least 4 members (excludes halogenated alkanes) is 2. The van der Waals surface area contributed by atoms with Crippen LogP contribution in [0.15, 0.2) is 11.8 Å². The minimum absolute atomic E-state index is 0.00135. The largest absolute Gasteiger partial charge is 0.512 e. The van der Waals surface area contributed by atoms with Crippen LogP contribution in [-0.4, -0.2) is 48.8 Å². The number of rotatable bonds is 10. The maximum Gasteiger partial charge on any atom is 0.305 e. The molecular weight excluding hydrogens is 392 g/mol. The molecule has 166 valence electrons. The predicted octanol–water partition coefficient (Wildman–Crippen LogP) is 3.55. The molecule has 0 aromatic carbocycles. The zero-order valence-electron chi connectivity index (χ0n) is 18.1. The van der Waals surface area contributed by atoms with Gasteiger partial charge in [0.05, 0.1) is 35.9 Å². The number of allylic oxidation sites excluding steroid dienone is 1. The molecule has 1 saturated heterocycles. The fourth-order valence-corrected chi connectivity index (χ4v) is 5.57. The summed E-state index contributed by atoms with van der Waals surface area (Å²) < 4.78 is 29.5. The Kier molecular flexibility index (Phi) is 10.2. The first-order chi connectivity index (χ1) is 13.5. The summed E-state index contributed by atoms with van der Waals surface area (Å²) in [5.74, 6) is 4.17. The van der Waals surface area contributed by atoms with Crippen LogP contribution in [0.2, 0.25) is 0 Å². The lowest BCUT2D eigenvalue weighted by atomic mass is 9.83. The van der Waals surface area contributed by atoms with Gasteiger partial charge in [-0.15, -0.1) is 11.8 Å². The first-order valence-electron chi connectivity index (χ1n) is 10.3. The molecule has 7 heteroatoms. The number of aliphatic hydroxyl groups excluding tert-OH is 2. The van der Waals surface area contributed by atoms with Gasteiger partial charge in [-0.05, 0) is 30.8 Å². The Morgan fingerprint density at radius 3 is 2.59 bits per heavy atom. The topological polar surface area (TPSA) is 101 Å². The quantitative estimate of drug-likeness (QED) is 0.239. The third-order valence-corrected chi connectivity index (χ3v) is 7.62. The highest BCUT2D eigenvalue weighted by atomic mass is 32.2. The Bertz CT molecular complexity index is 726. The van der Waals surface area contributed by atoms with Crippen molar-refractivity contribution in [3.63, 3.8) is 0 Å². The number of aliphatic hydroxyl groups is 2. The van der Waals surface area contributed by atoms with Crippen molar-refractivity contribution in [2.24, 2.45) is 11.3 Å². The summed E-state index contributed by atoms with van der Waals surface area (Å²) in [6.07, 6.45) is 5.69. The van der Waals surface area contributed by atoms with Gasteiger partial charge in [-0.2, -0.15) is 0 Å². The second-order valence-corrected chi connectivity index (χ2v) is 10.8. The third-order valence-electron chi connectivity index (χ3n) is 5.43. The molecule has 0 bridgehead atoms. The zero-order valence-corrected chi connectivity index (χ0v) is 18.9. The zero-order chi connectivity index (χ0) is 22.1. The van der Waals surface area contributed by atoms with Crippen molar-refractivity contribution in [3.05, 3.63) is 11.8 Å². The number of hydrogen-bond acceptors (Lipinski definition) is 6. The predicted molar refractivity (Wildman–Crippen MR) is 114 cm³/mol. The minimum Gasteiger partial charge on any atom is -0.512 e. The lowest BCUT2D eigenvalue weighted by molar-refractivity contribution is -0.140. The molecule has 6 nitrogen and oxygen atoms in total. The van der Waals surface area contributed by atoms with Gasteiger partial charge in [-0.3, -0.25) is 4.79 Å². The Balaban J connectivity index is 2.79. The average molecular weight is 429 g/mol. The van der Waals surface area contributed by atoms with E-state index in [4.69, 9.17) is 0 Å². The lowest BCUT2D eigenvalue weighted by Crippen LogP contribution is -2.27. The second-order valence-electron chi connectivity index (χ2n) is 8.55. The first-order valence-corrected chi connectivity index (χ1v) is 12.1. The minimum atomic E-state index is -3.54. The molecule has 1 aliphatic heterocycles. The average Bonchev–Trinajstić information content (AvgIpc) is 2.88.